The number of fused-ring (bicyclic) bond motifs is 4. The average molecular weight is 1290 g/mol. The molecule has 0 saturated heterocycles. The maximum atomic E-state index is 2.50. The molecule has 4 nitrogen and oxygen atoms in total. The topological polar surface area (TPSA) is 13.0 Å². The van der Waals surface area contributed by atoms with E-state index in [1.807, 2.05) is 0 Å². The van der Waals surface area contributed by atoms with E-state index in [0.29, 0.717) is 0 Å². The van der Waals surface area contributed by atoms with Crippen molar-refractivity contribution in [1.29, 1.82) is 0 Å². The van der Waals surface area contributed by atoms with E-state index < -0.39 is 0 Å². The van der Waals surface area contributed by atoms with Crippen molar-refractivity contribution in [2.24, 2.45) is 0 Å². The summed E-state index contributed by atoms with van der Waals surface area (Å²) in [4.78, 5) is 9.78. The Bertz CT molecular complexity index is 5680. The van der Waals surface area contributed by atoms with Crippen LogP contribution in [0.15, 0.2) is 328 Å². The van der Waals surface area contributed by atoms with Crippen LogP contribution in [0.4, 0.5) is 68.2 Å². The molecule has 0 aliphatic heterocycles. The molecule has 0 unspecified atom stereocenters. The summed E-state index contributed by atoms with van der Waals surface area (Å²) in [5, 5.41) is 9.60. The first-order chi connectivity index (χ1) is 48.9. The molecule has 0 radical (unpaired) electrons. The molecular formula is C96H78N4. The van der Waals surface area contributed by atoms with E-state index in [1.165, 1.54) is 121 Å². The Hall–Kier alpha value is -12.2. The highest BCUT2D eigenvalue weighted by atomic mass is 15.2. The van der Waals surface area contributed by atoms with Crippen LogP contribution in [0.5, 0.6) is 0 Å². The van der Waals surface area contributed by atoms with E-state index in [-0.39, 0.29) is 0 Å². The highest BCUT2D eigenvalue weighted by Gasteiger charge is 2.27. The minimum absolute atomic E-state index is 1.08. The van der Waals surface area contributed by atoms with Crippen molar-refractivity contribution < 1.29 is 0 Å². The molecule has 0 N–H and O–H groups in total. The molecule has 0 spiro atoms. The Kier molecular flexibility index (Phi) is 16.5. The van der Waals surface area contributed by atoms with Crippen molar-refractivity contribution in [1.82, 2.24) is 0 Å². The fraction of sp³-hybridized carbons (Fsp3) is 0.0833. The van der Waals surface area contributed by atoms with Crippen LogP contribution in [-0.2, 0) is 0 Å². The summed E-state index contributed by atoms with van der Waals surface area (Å²) in [5.41, 5.74) is 30.3. The highest BCUT2D eigenvalue weighted by Crippen LogP contribution is 2.51. The van der Waals surface area contributed by atoms with Gasteiger partial charge in [0.1, 0.15) is 0 Å². The van der Waals surface area contributed by atoms with E-state index in [2.05, 4.69) is 403 Å². The molecule has 16 aromatic rings. The number of aryl methyl sites for hydroxylation is 8. The molecule has 100 heavy (non-hydrogen) atoms. The minimum atomic E-state index is 1.08. The molecule has 482 valence electrons. The van der Waals surface area contributed by atoms with Gasteiger partial charge in [-0.2, -0.15) is 0 Å². The third-order valence-electron chi connectivity index (χ3n) is 20.2. The number of benzene rings is 16. The van der Waals surface area contributed by atoms with E-state index in [1.54, 1.807) is 0 Å². The zero-order chi connectivity index (χ0) is 68.1. The van der Waals surface area contributed by atoms with Gasteiger partial charge in [-0.15, -0.1) is 0 Å². The van der Waals surface area contributed by atoms with Gasteiger partial charge < -0.3 is 19.6 Å². The van der Waals surface area contributed by atoms with Gasteiger partial charge in [0, 0.05) is 67.0 Å². The molecule has 0 aliphatic rings. The summed E-state index contributed by atoms with van der Waals surface area (Å²) in [7, 11) is 0. The van der Waals surface area contributed by atoms with Crippen LogP contribution < -0.4 is 19.6 Å². The van der Waals surface area contributed by atoms with Crippen LogP contribution in [0, 0.1) is 55.4 Å². The molecule has 0 fully saturated rings. The largest absolute Gasteiger partial charge is 0.310 e. The van der Waals surface area contributed by atoms with E-state index in [9.17, 15) is 0 Å². The van der Waals surface area contributed by atoms with Gasteiger partial charge in [0.05, 0.1) is 22.7 Å². The summed E-state index contributed by atoms with van der Waals surface area (Å²) in [6.07, 6.45) is 0. The third-order valence-corrected chi connectivity index (χ3v) is 20.2. The molecule has 0 atom stereocenters. The Labute approximate surface area is 588 Å². The van der Waals surface area contributed by atoms with Gasteiger partial charge >= 0.3 is 0 Å². The molecule has 16 rings (SSSR count). The van der Waals surface area contributed by atoms with Gasteiger partial charge in [-0.3, -0.25) is 0 Å². The molecule has 16 aromatic carbocycles. The maximum absolute atomic E-state index is 2.50. The van der Waals surface area contributed by atoms with Crippen molar-refractivity contribution in [3.8, 4) is 33.4 Å². The predicted octanol–water partition coefficient (Wildman–Crippen LogP) is 27.6. The molecule has 0 amide bonds. The van der Waals surface area contributed by atoms with Crippen LogP contribution in [0.1, 0.15) is 44.5 Å². The minimum Gasteiger partial charge on any atom is -0.310 e. The van der Waals surface area contributed by atoms with Crippen molar-refractivity contribution >= 4 is 111 Å². The Morgan fingerprint density at radius 2 is 0.480 bits per heavy atom. The Morgan fingerprint density at radius 1 is 0.170 bits per heavy atom. The highest BCUT2D eigenvalue weighted by molar-refractivity contribution is 6.15. The van der Waals surface area contributed by atoms with Crippen molar-refractivity contribution in [2.45, 2.75) is 55.4 Å². The zero-order valence-electron chi connectivity index (χ0n) is 58.0. The maximum Gasteiger partial charge on any atom is 0.0569 e. The summed E-state index contributed by atoms with van der Waals surface area (Å²) < 4.78 is 0. The molecule has 0 aliphatic carbocycles. The summed E-state index contributed by atoms with van der Waals surface area (Å²) in [6.45, 7) is 17.8. The lowest BCUT2D eigenvalue weighted by Gasteiger charge is -2.31. The fourth-order valence-electron chi connectivity index (χ4n) is 15.2. The zero-order valence-corrected chi connectivity index (χ0v) is 58.0. The molecule has 0 bridgehead atoms. The van der Waals surface area contributed by atoms with E-state index in [0.717, 1.165) is 68.0 Å². The number of hydrogen-bond acceptors (Lipinski definition) is 4. The van der Waals surface area contributed by atoms with Crippen LogP contribution in [0.2, 0.25) is 0 Å². The SMILES string of the molecule is Cc1ccc(N(c2ccc(C)cc2)c2c(C)cc(-c3cc(C)c(N(c4ccc(C)cc4)c4ccc(C)c(-c5cccc6c(N(c7ccccc7)c7ccc(-c8ccc(N(c9ccccc9)c9c(C)ccc%10ccccc9%10)cc8)cc7)c(C)ccc56)c4)c4ccccc34)c3ccccc23)cc1. The van der Waals surface area contributed by atoms with Crippen LogP contribution in [-0.4, -0.2) is 0 Å². The summed E-state index contributed by atoms with van der Waals surface area (Å²) in [5.74, 6) is 0. The van der Waals surface area contributed by atoms with Crippen molar-refractivity contribution in [3.05, 3.63) is 372 Å². The molecule has 0 saturated carbocycles. The third kappa shape index (κ3) is 11.5. The van der Waals surface area contributed by atoms with E-state index in [4.69, 9.17) is 0 Å². The average Bonchev–Trinajstić information content (AvgIpc) is 0.749. The van der Waals surface area contributed by atoms with Crippen molar-refractivity contribution in [3.63, 3.8) is 0 Å². The number of anilines is 12. The van der Waals surface area contributed by atoms with E-state index >= 15 is 0 Å². The Morgan fingerprint density at radius 3 is 0.930 bits per heavy atom. The number of nitrogens with zero attached hydrogens (tertiary/aromatic N) is 4. The van der Waals surface area contributed by atoms with Gasteiger partial charge in [0.25, 0.3) is 0 Å². The molecule has 4 heteroatoms. The Balaban J connectivity index is 0.784. The fourth-order valence-corrected chi connectivity index (χ4v) is 15.2. The number of para-hydroxylation sites is 2. The lowest BCUT2D eigenvalue weighted by atomic mass is 9.88. The summed E-state index contributed by atoms with van der Waals surface area (Å²) >= 11 is 0. The second-order valence-electron chi connectivity index (χ2n) is 27.0. The van der Waals surface area contributed by atoms with Crippen molar-refractivity contribution in [2.75, 3.05) is 19.6 Å². The normalized spacial score (nSPS) is 11.4. The predicted molar refractivity (Wildman–Crippen MR) is 429 cm³/mol. The first kappa shape index (κ1) is 62.6. The second kappa shape index (κ2) is 26.3. The monoisotopic (exact) mass is 1290 g/mol. The summed E-state index contributed by atoms with van der Waals surface area (Å²) in [6, 6.07) is 121. The van der Waals surface area contributed by atoms with Gasteiger partial charge in [0.2, 0.25) is 0 Å². The quantitative estimate of drug-likeness (QED) is 0.101. The molecule has 0 aromatic heterocycles. The first-order valence-corrected chi connectivity index (χ1v) is 34.8. The van der Waals surface area contributed by atoms with Crippen LogP contribution >= 0.6 is 0 Å². The second-order valence-corrected chi connectivity index (χ2v) is 27.0. The first-order valence-electron chi connectivity index (χ1n) is 34.8. The number of rotatable bonds is 15. The van der Waals surface area contributed by atoms with Gasteiger partial charge in [-0.05, 0) is 247 Å². The lowest BCUT2D eigenvalue weighted by Crippen LogP contribution is -2.13. The van der Waals surface area contributed by atoms with Gasteiger partial charge in [0.15, 0.2) is 0 Å². The van der Waals surface area contributed by atoms with Crippen LogP contribution in [0.25, 0.3) is 76.5 Å². The lowest BCUT2D eigenvalue weighted by molar-refractivity contribution is 1.25. The number of hydrogen-bond donors (Lipinski definition) is 0. The van der Waals surface area contributed by atoms with Gasteiger partial charge in [-0.1, -0.05) is 235 Å². The molecule has 0 heterocycles. The standard InChI is InChI=1S/C96H78N4/c1-63-34-48-76(49-35-63)99(77-50-36-64(2)37-51-77)95-69(7)60-91(84-28-17-19-30-87(84)95)92-61-70(8)96(88-31-20-18-29-85(88)92)100(78-52-38-65(3)39-53-78)81-54-41-66(4)90(62-81)83-32-21-33-89-86(83)59-42-68(6)94(89)98(75-25-13-10-14-26-75)80-57-46-72(47-58-80)71-44-55-79(56-45-71)97(74-23-11-9-12-24-74)93-67(5)40-43-73-22-15-16-27-82(73)93/h9-62H,1-8H3. The molecular weight excluding hydrogens is 1210 g/mol. The van der Waals surface area contributed by atoms with Crippen LogP contribution in [0.3, 0.4) is 0 Å². The van der Waals surface area contributed by atoms with Gasteiger partial charge in [-0.25, -0.2) is 0 Å². The smallest absolute Gasteiger partial charge is 0.0569 e.